The molecule has 0 aliphatic heterocycles. The molecule has 164 valence electrons. The molecule has 33 heavy (non-hydrogen) atoms. The third-order valence-corrected chi connectivity index (χ3v) is 6.46. The normalized spacial score (nSPS) is 12.2. The molecule has 0 bridgehead atoms. The van der Waals surface area contributed by atoms with Crippen molar-refractivity contribution in [2.24, 2.45) is 0 Å². The SMILES string of the molecule is Cc1ccc(C(C)c2nc(C(=O)Nc3c(C)cccc3C)cc3c2[nH]c2ccccc23)cc1. The van der Waals surface area contributed by atoms with Crippen LogP contribution in [0.15, 0.2) is 72.8 Å². The van der Waals surface area contributed by atoms with E-state index < -0.39 is 0 Å². The topological polar surface area (TPSA) is 57.8 Å². The van der Waals surface area contributed by atoms with Gasteiger partial charge in [-0.2, -0.15) is 0 Å². The Hall–Kier alpha value is -3.92. The molecule has 2 N–H and O–H groups in total. The highest BCUT2D eigenvalue weighted by Crippen LogP contribution is 2.34. The van der Waals surface area contributed by atoms with Gasteiger partial charge in [0.25, 0.3) is 5.91 Å². The lowest BCUT2D eigenvalue weighted by atomic mass is 9.94. The zero-order valence-corrected chi connectivity index (χ0v) is 19.4. The van der Waals surface area contributed by atoms with Gasteiger partial charge in [0.1, 0.15) is 5.69 Å². The van der Waals surface area contributed by atoms with Gasteiger partial charge in [0, 0.05) is 27.9 Å². The number of hydrogen-bond acceptors (Lipinski definition) is 2. The monoisotopic (exact) mass is 433 g/mol. The minimum Gasteiger partial charge on any atom is -0.353 e. The van der Waals surface area contributed by atoms with Crippen LogP contribution in [-0.4, -0.2) is 15.9 Å². The summed E-state index contributed by atoms with van der Waals surface area (Å²) in [4.78, 5) is 21.8. The Morgan fingerprint density at radius 1 is 0.879 bits per heavy atom. The number of anilines is 1. The number of pyridine rings is 1. The molecule has 1 unspecified atom stereocenters. The molecule has 2 aromatic heterocycles. The summed E-state index contributed by atoms with van der Waals surface area (Å²) in [7, 11) is 0. The van der Waals surface area contributed by atoms with Crippen LogP contribution in [-0.2, 0) is 0 Å². The molecule has 1 atom stereocenters. The minimum atomic E-state index is -0.197. The maximum Gasteiger partial charge on any atom is 0.274 e. The predicted octanol–water partition coefficient (Wildman–Crippen LogP) is 7.05. The third-order valence-electron chi connectivity index (χ3n) is 6.46. The van der Waals surface area contributed by atoms with Crippen molar-refractivity contribution in [1.82, 2.24) is 9.97 Å². The number of aromatic amines is 1. The molecule has 0 spiro atoms. The number of para-hydroxylation sites is 2. The van der Waals surface area contributed by atoms with Crippen molar-refractivity contribution in [2.75, 3.05) is 5.32 Å². The summed E-state index contributed by atoms with van der Waals surface area (Å²) in [6.45, 7) is 8.24. The highest BCUT2D eigenvalue weighted by atomic mass is 16.1. The van der Waals surface area contributed by atoms with Crippen molar-refractivity contribution in [1.29, 1.82) is 0 Å². The summed E-state index contributed by atoms with van der Waals surface area (Å²) in [5.41, 5.74) is 8.61. The first-order chi connectivity index (χ1) is 15.9. The van der Waals surface area contributed by atoms with Crippen LogP contribution in [0.4, 0.5) is 5.69 Å². The summed E-state index contributed by atoms with van der Waals surface area (Å²) < 4.78 is 0. The fraction of sp³-hybridized carbons (Fsp3) is 0.172. The summed E-state index contributed by atoms with van der Waals surface area (Å²) in [6.07, 6.45) is 0. The Morgan fingerprint density at radius 3 is 2.30 bits per heavy atom. The molecule has 0 aliphatic rings. The molecule has 1 amide bonds. The summed E-state index contributed by atoms with van der Waals surface area (Å²) in [5, 5.41) is 5.21. The lowest BCUT2D eigenvalue weighted by Crippen LogP contribution is -2.17. The Labute approximate surface area is 193 Å². The van der Waals surface area contributed by atoms with E-state index in [0.717, 1.165) is 44.3 Å². The molecule has 2 heterocycles. The van der Waals surface area contributed by atoms with Crippen LogP contribution >= 0.6 is 0 Å². The standard InChI is InChI=1S/C29H27N3O/c1-17-12-14-21(15-13-17)20(4)27-28-23(22-10-5-6-11-24(22)30-28)16-25(31-27)29(33)32-26-18(2)8-7-9-19(26)3/h5-16,20,30H,1-4H3,(H,32,33). The van der Waals surface area contributed by atoms with Crippen molar-refractivity contribution in [2.45, 2.75) is 33.6 Å². The number of nitrogens with zero attached hydrogens (tertiary/aromatic N) is 1. The van der Waals surface area contributed by atoms with Gasteiger partial charge in [0.15, 0.2) is 0 Å². The van der Waals surface area contributed by atoms with E-state index in [2.05, 4.69) is 60.5 Å². The van der Waals surface area contributed by atoms with E-state index in [-0.39, 0.29) is 11.8 Å². The first-order valence-electron chi connectivity index (χ1n) is 11.3. The summed E-state index contributed by atoms with van der Waals surface area (Å²) in [5.74, 6) is -0.175. The Kier molecular flexibility index (Phi) is 5.21. The van der Waals surface area contributed by atoms with E-state index in [1.54, 1.807) is 0 Å². The number of carbonyl (C=O) groups is 1. The van der Waals surface area contributed by atoms with Gasteiger partial charge in [-0.25, -0.2) is 4.98 Å². The molecule has 0 saturated carbocycles. The van der Waals surface area contributed by atoms with Gasteiger partial charge in [-0.05, 0) is 49.6 Å². The molecule has 0 fully saturated rings. The number of aromatic nitrogens is 2. The van der Waals surface area contributed by atoms with Gasteiger partial charge in [-0.15, -0.1) is 0 Å². The number of nitrogens with one attached hydrogen (secondary N) is 2. The molecule has 4 nitrogen and oxygen atoms in total. The second kappa shape index (κ2) is 8.21. The van der Waals surface area contributed by atoms with Crippen molar-refractivity contribution in [3.8, 4) is 0 Å². The van der Waals surface area contributed by atoms with Crippen LogP contribution < -0.4 is 5.32 Å². The Morgan fingerprint density at radius 2 is 1.58 bits per heavy atom. The van der Waals surface area contributed by atoms with Crippen molar-refractivity contribution < 1.29 is 4.79 Å². The second-order valence-corrected chi connectivity index (χ2v) is 8.84. The van der Waals surface area contributed by atoms with Gasteiger partial charge in [-0.3, -0.25) is 4.79 Å². The van der Waals surface area contributed by atoms with Crippen LogP contribution in [0, 0.1) is 20.8 Å². The second-order valence-electron chi connectivity index (χ2n) is 8.84. The lowest BCUT2D eigenvalue weighted by Gasteiger charge is -2.16. The highest BCUT2D eigenvalue weighted by molar-refractivity contribution is 6.12. The summed E-state index contributed by atoms with van der Waals surface area (Å²) >= 11 is 0. The van der Waals surface area contributed by atoms with E-state index >= 15 is 0 Å². The number of H-pyrrole nitrogens is 1. The number of fused-ring (bicyclic) bond motifs is 3. The van der Waals surface area contributed by atoms with Crippen LogP contribution in [0.3, 0.4) is 0 Å². The fourth-order valence-corrected chi connectivity index (χ4v) is 4.50. The van der Waals surface area contributed by atoms with Crippen molar-refractivity contribution in [3.05, 3.63) is 106 Å². The van der Waals surface area contributed by atoms with Crippen LogP contribution in [0.5, 0.6) is 0 Å². The van der Waals surface area contributed by atoms with Gasteiger partial charge in [0.2, 0.25) is 0 Å². The van der Waals surface area contributed by atoms with Gasteiger partial charge in [0.05, 0.1) is 11.2 Å². The van der Waals surface area contributed by atoms with Crippen molar-refractivity contribution in [3.63, 3.8) is 0 Å². The maximum absolute atomic E-state index is 13.4. The zero-order valence-electron chi connectivity index (χ0n) is 19.4. The fourth-order valence-electron chi connectivity index (χ4n) is 4.50. The molecule has 5 aromatic rings. The van der Waals surface area contributed by atoms with Gasteiger partial charge in [-0.1, -0.05) is 73.2 Å². The predicted molar refractivity (Wildman–Crippen MR) is 136 cm³/mol. The van der Waals surface area contributed by atoms with E-state index in [0.29, 0.717) is 5.69 Å². The van der Waals surface area contributed by atoms with E-state index in [1.807, 2.05) is 50.2 Å². The maximum atomic E-state index is 13.4. The molecule has 5 rings (SSSR count). The highest BCUT2D eigenvalue weighted by Gasteiger charge is 2.21. The van der Waals surface area contributed by atoms with Crippen LogP contribution in [0.2, 0.25) is 0 Å². The number of amides is 1. The zero-order chi connectivity index (χ0) is 23.1. The number of aryl methyl sites for hydroxylation is 3. The quantitative estimate of drug-likeness (QED) is 0.319. The van der Waals surface area contributed by atoms with E-state index in [1.165, 1.54) is 11.1 Å². The van der Waals surface area contributed by atoms with Gasteiger partial charge >= 0.3 is 0 Å². The average Bonchev–Trinajstić information content (AvgIpc) is 3.19. The third kappa shape index (κ3) is 3.78. The van der Waals surface area contributed by atoms with Crippen LogP contribution in [0.1, 0.15) is 51.3 Å². The molecule has 0 aliphatic carbocycles. The molecular weight excluding hydrogens is 406 g/mol. The number of benzene rings is 3. The molecule has 0 radical (unpaired) electrons. The largest absolute Gasteiger partial charge is 0.353 e. The summed E-state index contributed by atoms with van der Waals surface area (Å²) in [6, 6.07) is 24.6. The molecule has 0 saturated heterocycles. The van der Waals surface area contributed by atoms with Gasteiger partial charge < -0.3 is 10.3 Å². The Bertz CT molecular complexity index is 1480. The minimum absolute atomic E-state index is 0.0223. The Balaban J connectivity index is 1.67. The first-order valence-corrected chi connectivity index (χ1v) is 11.3. The van der Waals surface area contributed by atoms with E-state index in [4.69, 9.17) is 4.98 Å². The first kappa shape index (κ1) is 21.0. The number of carbonyl (C=O) groups excluding carboxylic acids is 1. The molecule has 3 aromatic carbocycles. The molecular formula is C29H27N3O. The van der Waals surface area contributed by atoms with Crippen molar-refractivity contribution >= 4 is 33.4 Å². The smallest absolute Gasteiger partial charge is 0.274 e. The lowest BCUT2D eigenvalue weighted by molar-refractivity contribution is 0.102. The molecule has 4 heteroatoms. The number of rotatable bonds is 4. The number of hydrogen-bond donors (Lipinski definition) is 2. The van der Waals surface area contributed by atoms with E-state index in [9.17, 15) is 4.79 Å². The van der Waals surface area contributed by atoms with Crippen LogP contribution in [0.25, 0.3) is 21.8 Å². The average molecular weight is 434 g/mol.